The van der Waals surface area contributed by atoms with Crippen LogP contribution in [0.25, 0.3) is 5.69 Å². The first-order valence-electron chi connectivity index (χ1n) is 12.6. The van der Waals surface area contributed by atoms with Gasteiger partial charge in [-0.05, 0) is 38.0 Å². The molecule has 0 amide bonds. The third kappa shape index (κ3) is 5.78. The molecule has 2 aromatic heterocycles. The molecule has 2 saturated heterocycles. The lowest BCUT2D eigenvalue weighted by Crippen LogP contribution is -2.57. The van der Waals surface area contributed by atoms with Gasteiger partial charge in [0.05, 0.1) is 11.4 Å². The maximum absolute atomic E-state index is 14.5. The summed E-state index contributed by atoms with van der Waals surface area (Å²) in [6.45, 7) is 2.97. The van der Waals surface area contributed by atoms with E-state index in [1.165, 1.54) is 35.1 Å². The summed E-state index contributed by atoms with van der Waals surface area (Å²) in [6, 6.07) is 5.90. The number of alkyl halides is 3. The highest BCUT2D eigenvalue weighted by atomic mass is 35.5. The average Bonchev–Trinajstić information content (AvgIpc) is 3.42. The number of nitrogen functional groups attached to an aromatic ring is 1. The van der Waals surface area contributed by atoms with Crippen molar-refractivity contribution in [2.24, 2.45) is 5.73 Å². The molecule has 0 radical (unpaired) electrons. The lowest BCUT2D eigenvalue weighted by molar-refractivity contribution is -0.198. The molecule has 2 bridgehead atoms. The number of carbonyl (C=O) groups is 1. The lowest BCUT2D eigenvalue weighted by Gasteiger charge is -2.42. The predicted octanol–water partition coefficient (Wildman–Crippen LogP) is 2.95. The van der Waals surface area contributed by atoms with Crippen molar-refractivity contribution in [3.63, 3.8) is 0 Å². The number of benzene rings is 1. The zero-order valence-corrected chi connectivity index (χ0v) is 22.2. The Bertz CT molecular complexity index is 1390. The Hall–Kier alpha value is -3.62. The summed E-state index contributed by atoms with van der Waals surface area (Å²) >= 11 is 6.12. The molecule has 11 nitrogen and oxygen atoms in total. The number of carboxylic acid groups (broad SMARTS) is 1. The van der Waals surface area contributed by atoms with Gasteiger partial charge in [0.15, 0.2) is 0 Å². The van der Waals surface area contributed by atoms with Gasteiger partial charge in [0, 0.05) is 54.6 Å². The number of nitrogens with zero attached hydrogens (tertiary/aromatic N) is 6. The van der Waals surface area contributed by atoms with Gasteiger partial charge in [-0.25, -0.2) is 4.68 Å². The van der Waals surface area contributed by atoms with Crippen molar-refractivity contribution in [1.82, 2.24) is 24.6 Å². The minimum Gasteiger partial charge on any atom is -0.480 e. The molecule has 40 heavy (non-hydrogen) atoms. The Morgan fingerprint density at radius 2 is 1.90 bits per heavy atom. The molecule has 2 unspecified atom stereocenters. The number of fused-ring (bicyclic) bond motifs is 2. The van der Waals surface area contributed by atoms with Crippen molar-refractivity contribution in [3.8, 4) is 11.6 Å². The number of carboxylic acids is 1. The summed E-state index contributed by atoms with van der Waals surface area (Å²) in [5, 5.41) is 13.6. The largest absolute Gasteiger partial charge is 0.480 e. The number of rotatable bonds is 8. The normalized spacial score (nSPS) is 20.9. The van der Waals surface area contributed by atoms with Crippen LogP contribution in [-0.2, 0) is 4.79 Å². The van der Waals surface area contributed by atoms with Crippen LogP contribution in [-0.4, -0.2) is 79.7 Å². The van der Waals surface area contributed by atoms with E-state index >= 15 is 0 Å². The third-order valence-electron chi connectivity index (χ3n) is 7.08. The molecule has 4 heterocycles. The summed E-state index contributed by atoms with van der Waals surface area (Å²) in [7, 11) is 0. The molecule has 4 atom stereocenters. The number of halogens is 4. The fourth-order valence-electron chi connectivity index (χ4n) is 5.41. The topological polar surface area (TPSA) is 149 Å². The van der Waals surface area contributed by atoms with Gasteiger partial charge in [-0.2, -0.15) is 28.2 Å². The molecule has 0 spiro atoms. The number of hydrogen-bond donors (Lipinski definition) is 3. The number of nitrogens with two attached hydrogens (primary N) is 2. The van der Waals surface area contributed by atoms with Crippen molar-refractivity contribution >= 4 is 29.3 Å². The minimum absolute atomic E-state index is 0.0498. The molecule has 2 aliphatic rings. The summed E-state index contributed by atoms with van der Waals surface area (Å²) in [5.41, 5.74) is 12.2. The van der Waals surface area contributed by atoms with Crippen LogP contribution in [0.1, 0.15) is 30.2 Å². The van der Waals surface area contributed by atoms with E-state index in [1.807, 2.05) is 9.80 Å². The molecule has 214 valence electrons. The first-order valence-corrected chi connectivity index (χ1v) is 13.0. The van der Waals surface area contributed by atoms with Gasteiger partial charge in [0.2, 0.25) is 17.9 Å². The van der Waals surface area contributed by atoms with Crippen LogP contribution in [0.5, 0.6) is 5.88 Å². The highest BCUT2D eigenvalue weighted by Gasteiger charge is 2.46. The molecular formula is C25H28ClF3N8O3. The van der Waals surface area contributed by atoms with Crippen molar-refractivity contribution in [2.75, 3.05) is 30.3 Å². The second kappa shape index (κ2) is 10.7. The van der Waals surface area contributed by atoms with Gasteiger partial charge in [0.1, 0.15) is 11.9 Å². The molecule has 0 saturated carbocycles. The quantitative estimate of drug-likeness (QED) is 0.363. The van der Waals surface area contributed by atoms with Crippen molar-refractivity contribution in [1.29, 1.82) is 0 Å². The molecule has 1 aromatic carbocycles. The fourth-order valence-corrected chi connectivity index (χ4v) is 5.57. The first kappa shape index (κ1) is 27.9. The number of piperazine rings is 1. The molecular weight excluding hydrogens is 553 g/mol. The Labute approximate surface area is 232 Å². The smallest absolute Gasteiger partial charge is 0.429 e. The number of anilines is 2. The fraction of sp³-hybridized carbons (Fsp3) is 0.440. The van der Waals surface area contributed by atoms with E-state index in [4.69, 9.17) is 32.9 Å². The molecule has 15 heteroatoms. The zero-order valence-electron chi connectivity index (χ0n) is 21.4. The van der Waals surface area contributed by atoms with Gasteiger partial charge in [-0.3, -0.25) is 9.69 Å². The monoisotopic (exact) mass is 580 g/mol. The second-order valence-corrected chi connectivity index (χ2v) is 10.5. The van der Waals surface area contributed by atoms with Gasteiger partial charge in [-0.15, -0.1) is 0 Å². The average molecular weight is 581 g/mol. The highest BCUT2D eigenvalue weighted by molar-refractivity contribution is 6.30. The predicted molar refractivity (Wildman–Crippen MR) is 141 cm³/mol. The van der Waals surface area contributed by atoms with Crippen molar-refractivity contribution in [2.45, 2.75) is 50.2 Å². The molecule has 2 aliphatic heterocycles. The van der Waals surface area contributed by atoms with Crippen LogP contribution in [0, 0.1) is 6.92 Å². The van der Waals surface area contributed by atoms with E-state index in [-0.39, 0.29) is 46.7 Å². The molecule has 0 aliphatic carbocycles. The summed E-state index contributed by atoms with van der Waals surface area (Å²) in [5.74, 6) is -1.30. The van der Waals surface area contributed by atoms with Crippen LogP contribution in [0.4, 0.5) is 24.9 Å². The number of aliphatic carboxylic acids is 1. The zero-order chi connectivity index (χ0) is 28.8. The molecule has 5 rings (SSSR count). The maximum atomic E-state index is 14.5. The van der Waals surface area contributed by atoms with Gasteiger partial charge in [-0.1, -0.05) is 17.7 Å². The maximum Gasteiger partial charge on any atom is 0.429 e. The Morgan fingerprint density at radius 1 is 1.20 bits per heavy atom. The molecule has 3 aromatic rings. The van der Waals surface area contributed by atoms with Crippen molar-refractivity contribution in [3.05, 3.63) is 52.8 Å². The van der Waals surface area contributed by atoms with Crippen LogP contribution in [0.2, 0.25) is 5.02 Å². The van der Waals surface area contributed by atoms with E-state index < -0.39 is 24.3 Å². The van der Waals surface area contributed by atoms with Crippen LogP contribution < -0.4 is 21.1 Å². The summed E-state index contributed by atoms with van der Waals surface area (Å²) in [6.07, 6.45) is -4.09. The Balaban J connectivity index is 1.44. The van der Waals surface area contributed by atoms with E-state index in [2.05, 4.69) is 15.1 Å². The number of likely N-dealkylation sites (tertiary alicyclic amines) is 1. The molecule has 5 N–H and O–H groups in total. The highest BCUT2D eigenvalue weighted by Crippen LogP contribution is 2.41. The minimum atomic E-state index is -4.82. The van der Waals surface area contributed by atoms with Crippen LogP contribution >= 0.6 is 11.6 Å². The van der Waals surface area contributed by atoms with Crippen molar-refractivity contribution < 1.29 is 27.8 Å². The van der Waals surface area contributed by atoms with E-state index in [0.717, 1.165) is 12.8 Å². The SMILES string of the molecule is Cc1ccn(-c2cc(Cl)ccc2[C@@H](Oc2cc(N3C4CCC3CN(C[C@H](N)C(=O)O)C4)nc(N)n2)C(F)(F)F)n1. The van der Waals surface area contributed by atoms with Gasteiger partial charge < -0.3 is 26.2 Å². The van der Waals surface area contributed by atoms with E-state index in [9.17, 15) is 18.0 Å². The summed E-state index contributed by atoms with van der Waals surface area (Å²) in [4.78, 5) is 23.4. The van der Waals surface area contributed by atoms with E-state index in [0.29, 0.717) is 24.6 Å². The van der Waals surface area contributed by atoms with Gasteiger partial charge >= 0.3 is 12.1 Å². The first-order chi connectivity index (χ1) is 18.9. The van der Waals surface area contributed by atoms with Crippen LogP contribution in [0.15, 0.2) is 36.5 Å². The third-order valence-corrected chi connectivity index (χ3v) is 7.32. The lowest BCUT2D eigenvalue weighted by atomic mass is 10.1. The molecule has 2 fully saturated rings. The van der Waals surface area contributed by atoms with Crippen LogP contribution in [0.3, 0.4) is 0 Å². The Morgan fingerprint density at radius 3 is 2.50 bits per heavy atom. The Kier molecular flexibility index (Phi) is 7.50. The van der Waals surface area contributed by atoms with E-state index in [1.54, 1.807) is 13.0 Å². The number of hydrogen-bond acceptors (Lipinski definition) is 9. The standard InChI is InChI=1S/C25H28ClF3N8O3/c1-13-6-7-36(34-13)19-8-14(26)2-5-17(19)22(25(27,28)29)40-21-9-20(32-24(31)33-21)37-15-3-4-16(37)11-35(10-15)12-18(30)23(38)39/h2,5-9,15-16,18,22H,3-4,10-12,30H2,1H3,(H,38,39)(H2,31,32,33)/t15?,16?,18-,22+/m0/s1. The number of ether oxygens (including phenoxy) is 1. The van der Waals surface area contributed by atoms with Gasteiger partial charge in [0.25, 0.3) is 0 Å². The second-order valence-electron chi connectivity index (χ2n) is 10.0. The number of aromatic nitrogens is 4. The summed E-state index contributed by atoms with van der Waals surface area (Å²) < 4.78 is 50.2. The number of aryl methyl sites for hydroxylation is 1.